The molecule has 0 spiro atoms. The minimum Gasteiger partial charge on any atom is -0.493 e. The van der Waals surface area contributed by atoms with Gasteiger partial charge in [0.1, 0.15) is 24.4 Å². The number of carbonyl (C=O) groups excluding carboxylic acids is 1. The quantitative estimate of drug-likeness (QED) is 0.243. The average molecular weight is 549 g/mol. The summed E-state index contributed by atoms with van der Waals surface area (Å²) in [5.74, 6) is 4.89. The van der Waals surface area contributed by atoms with Gasteiger partial charge in [-0.1, -0.05) is 12.0 Å². The van der Waals surface area contributed by atoms with Crippen molar-refractivity contribution in [2.45, 2.75) is 6.04 Å². The molecule has 0 saturated carbocycles. The van der Waals surface area contributed by atoms with Gasteiger partial charge in [-0.15, -0.1) is 6.42 Å². The fourth-order valence-corrected chi connectivity index (χ4v) is 5.01. The van der Waals surface area contributed by atoms with Crippen LogP contribution < -0.4 is 24.8 Å². The van der Waals surface area contributed by atoms with E-state index in [4.69, 9.17) is 20.6 Å². The second-order valence-corrected chi connectivity index (χ2v) is 9.44. The highest BCUT2D eigenvalue weighted by Crippen LogP contribution is 2.36. The Bertz CT molecular complexity index is 1740. The SMILES string of the molecule is C#CCOc1cc2ncnc(C3CNCCN3C(=O)Nc3ccc(Oc4cccc5[nH]ccc45)cc3)c2cc1OC. The Balaban J connectivity index is 1.21. The molecule has 0 aliphatic carbocycles. The van der Waals surface area contributed by atoms with Gasteiger partial charge in [0.05, 0.1) is 24.4 Å². The summed E-state index contributed by atoms with van der Waals surface area (Å²) in [4.78, 5) is 27.5. The van der Waals surface area contributed by atoms with E-state index in [1.807, 2.05) is 60.8 Å². The van der Waals surface area contributed by atoms with E-state index in [9.17, 15) is 4.79 Å². The number of aromatic nitrogens is 3. The van der Waals surface area contributed by atoms with Crippen LogP contribution in [0.5, 0.6) is 23.0 Å². The van der Waals surface area contributed by atoms with Crippen LogP contribution in [0.25, 0.3) is 21.8 Å². The van der Waals surface area contributed by atoms with Crippen LogP contribution in [0.2, 0.25) is 0 Å². The first-order valence-electron chi connectivity index (χ1n) is 13.2. The number of methoxy groups -OCH3 is 1. The van der Waals surface area contributed by atoms with Crippen molar-refractivity contribution in [3.63, 3.8) is 0 Å². The van der Waals surface area contributed by atoms with Gasteiger partial charge >= 0.3 is 6.03 Å². The van der Waals surface area contributed by atoms with Crippen LogP contribution in [0.4, 0.5) is 10.5 Å². The Kier molecular flexibility index (Phi) is 7.26. The van der Waals surface area contributed by atoms with Crippen LogP contribution in [-0.4, -0.2) is 59.2 Å². The summed E-state index contributed by atoms with van der Waals surface area (Å²) in [7, 11) is 1.56. The Morgan fingerprint density at radius 1 is 1.10 bits per heavy atom. The predicted octanol–water partition coefficient (Wildman–Crippen LogP) is 5.10. The van der Waals surface area contributed by atoms with Gasteiger partial charge in [-0.05, 0) is 48.5 Å². The zero-order chi connectivity index (χ0) is 28.2. The number of benzene rings is 3. The van der Waals surface area contributed by atoms with Gasteiger partial charge in [-0.25, -0.2) is 14.8 Å². The van der Waals surface area contributed by atoms with Crippen LogP contribution in [-0.2, 0) is 0 Å². The minimum absolute atomic E-state index is 0.108. The number of piperazine rings is 1. The van der Waals surface area contributed by atoms with E-state index in [-0.39, 0.29) is 18.7 Å². The summed E-state index contributed by atoms with van der Waals surface area (Å²) in [6, 6.07) is 18.2. The summed E-state index contributed by atoms with van der Waals surface area (Å²) < 4.78 is 17.3. The molecule has 3 heterocycles. The zero-order valence-electron chi connectivity index (χ0n) is 22.4. The van der Waals surface area contributed by atoms with Gasteiger partial charge < -0.3 is 34.7 Å². The van der Waals surface area contributed by atoms with Crippen molar-refractivity contribution >= 4 is 33.5 Å². The van der Waals surface area contributed by atoms with Crippen LogP contribution in [0, 0.1) is 12.3 Å². The Labute approximate surface area is 236 Å². The summed E-state index contributed by atoms with van der Waals surface area (Å²) >= 11 is 0. The number of nitrogens with zero attached hydrogens (tertiary/aromatic N) is 3. The summed E-state index contributed by atoms with van der Waals surface area (Å²) in [6.07, 6.45) is 8.73. The van der Waals surface area contributed by atoms with E-state index in [0.29, 0.717) is 53.8 Å². The smallest absolute Gasteiger partial charge is 0.322 e. The highest BCUT2D eigenvalue weighted by molar-refractivity contribution is 5.91. The van der Waals surface area contributed by atoms with E-state index in [1.54, 1.807) is 18.1 Å². The first-order valence-corrected chi connectivity index (χ1v) is 13.2. The van der Waals surface area contributed by atoms with E-state index >= 15 is 0 Å². The number of aromatic amines is 1. The maximum atomic E-state index is 13.5. The number of ether oxygens (including phenoxy) is 3. The first kappa shape index (κ1) is 26.0. The summed E-state index contributed by atoms with van der Waals surface area (Å²) in [5, 5.41) is 8.17. The van der Waals surface area contributed by atoms with Gasteiger partial charge in [0, 0.05) is 53.9 Å². The van der Waals surface area contributed by atoms with Crippen LogP contribution in [0.1, 0.15) is 11.7 Å². The van der Waals surface area contributed by atoms with E-state index in [2.05, 4.69) is 31.5 Å². The molecule has 0 bridgehead atoms. The fraction of sp³-hybridized carbons (Fsp3) is 0.194. The standard InChI is InChI=1S/C31H28N6O4/c1-3-15-40-29-17-25-23(16-28(29)39-2)30(35-19-34-25)26-18-32-13-14-37(26)31(38)36-20-7-9-21(10-8-20)41-27-6-4-5-24-22(27)11-12-33-24/h1,4-12,16-17,19,26,32-33H,13-15,18H2,2H3,(H,36,38). The van der Waals surface area contributed by atoms with Crippen molar-refractivity contribution in [1.82, 2.24) is 25.2 Å². The molecule has 3 aromatic carbocycles. The number of nitrogens with one attached hydrogen (secondary N) is 3. The Hall–Kier alpha value is -5.27. The van der Waals surface area contributed by atoms with Crippen molar-refractivity contribution in [3.8, 4) is 35.3 Å². The highest BCUT2D eigenvalue weighted by atomic mass is 16.5. The third kappa shape index (κ3) is 5.31. The largest absolute Gasteiger partial charge is 0.493 e. The fourth-order valence-electron chi connectivity index (χ4n) is 5.01. The summed E-state index contributed by atoms with van der Waals surface area (Å²) in [6.45, 7) is 1.81. The van der Waals surface area contributed by atoms with Crippen molar-refractivity contribution < 1.29 is 19.0 Å². The minimum atomic E-state index is -0.333. The van der Waals surface area contributed by atoms with E-state index in [1.165, 1.54) is 6.33 Å². The predicted molar refractivity (Wildman–Crippen MR) is 157 cm³/mol. The van der Waals surface area contributed by atoms with Crippen LogP contribution in [0.3, 0.4) is 0 Å². The molecule has 1 fully saturated rings. The first-order chi connectivity index (χ1) is 20.1. The number of carbonyl (C=O) groups is 1. The van der Waals surface area contributed by atoms with Crippen molar-refractivity contribution in [3.05, 3.63) is 78.9 Å². The molecule has 1 aliphatic heterocycles. The topological polar surface area (TPSA) is 114 Å². The molecule has 10 heteroatoms. The number of anilines is 1. The Morgan fingerprint density at radius 3 is 2.80 bits per heavy atom. The van der Waals surface area contributed by atoms with Gasteiger partial charge in [0.25, 0.3) is 0 Å². The summed E-state index contributed by atoms with van der Waals surface area (Å²) in [5.41, 5.74) is 3.04. The lowest BCUT2D eigenvalue weighted by Gasteiger charge is -2.36. The van der Waals surface area contributed by atoms with Gasteiger partial charge in [-0.2, -0.15) is 0 Å². The molecule has 1 aliphatic rings. The second kappa shape index (κ2) is 11.5. The van der Waals surface area contributed by atoms with Gasteiger partial charge in [0.15, 0.2) is 11.5 Å². The molecule has 10 nitrogen and oxygen atoms in total. The molecule has 1 atom stereocenters. The third-order valence-electron chi connectivity index (χ3n) is 6.97. The van der Waals surface area contributed by atoms with Crippen molar-refractivity contribution in [1.29, 1.82) is 0 Å². The number of amides is 2. The average Bonchev–Trinajstić information content (AvgIpc) is 3.50. The van der Waals surface area contributed by atoms with Crippen molar-refractivity contribution in [2.24, 2.45) is 0 Å². The highest BCUT2D eigenvalue weighted by Gasteiger charge is 2.31. The number of fused-ring (bicyclic) bond motifs is 2. The number of hydrogen-bond donors (Lipinski definition) is 3. The molecule has 0 radical (unpaired) electrons. The van der Waals surface area contributed by atoms with Gasteiger partial charge in [-0.3, -0.25) is 0 Å². The third-order valence-corrected chi connectivity index (χ3v) is 6.97. The van der Waals surface area contributed by atoms with Gasteiger partial charge in [0.2, 0.25) is 0 Å². The molecule has 5 aromatic rings. The number of hydrogen-bond acceptors (Lipinski definition) is 7. The number of terminal acetylenes is 1. The molecule has 1 unspecified atom stereocenters. The van der Waals surface area contributed by atoms with Crippen LogP contribution >= 0.6 is 0 Å². The van der Waals surface area contributed by atoms with E-state index in [0.717, 1.165) is 22.0 Å². The monoisotopic (exact) mass is 548 g/mol. The molecule has 2 amide bonds. The molecular weight excluding hydrogens is 520 g/mol. The zero-order valence-corrected chi connectivity index (χ0v) is 22.4. The molecule has 6 rings (SSSR count). The number of H-pyrrole nitrogens is 1. The lowest BCUT2D eigenvalue weighted by molar-refractivity contribution is 0.170. The molecule has 3 N–H and O–H groups in total. The molecule has 41 heavy (non-hydrogen) atoms. The maximum Gasteiger partial charge on any atom is 0.322 e. The van der Waals surface area contributed by atoms with Crippen molar-refractivity contribution in [2.75, 3.05) is 38.7 Å². The molecule has 1 saturated heterocycles. The number of rotatable bonds is 7. The normalized spacial score (nSPS) is 14.9. The molecule has 2 aromatic heterocycles. The molecular formula is C31H28N6O4. The van der Waals surface area contributed by atoms with Crippen LogP contribution in [0.15, 0.2) is 73.2 Å². The van der Waals surface area contributed by atoms with E-state index < -0.39 is 0 Å². The number of urea groups is 1. The lowest BCUT2D eigenvalue weighted by Crippen LogP contribution is -2.50. The lowest BCUT2D eigenvalue weighted by atomic mass is 10.0. The maximum absolute atomic E-state index is 13.5. The second-order valence-electron chi connectivity index (χ2n) is 9.44. The molecule has 206 valence electrons. The Morgan fingerprint density at radius 2 is 1.98 bits per heavy atom.